The summed E-state index contributed by atoms with van der Waals surface area (Å²) in [5.74, 6) is 0.934. The van der Waals surface area contributed by atoms with Crippen molar-refractivity contribution >= 4 is 11.7 Å². The summed E-state index contributed by atoms with van der Waals surface area (Å²) < 4.78 is 5.32. The van der Waals surface area contributed by atoms with E-state index in [4.69, 9.17) is 4.52 Å². The smallest absolute Gasteiger partial charge is 0.249 e. The molecule has 2 aromatic heterocycles. The highest BCUT2D eigenvalue weighted by Gasteiger charge is 2.23. The number of carbonyl (C=O) groups is 2. The molecule has 1 atom stereocenters. The predicted molar refractivity (Wildman–Crippen MR) is 100 cm³/mol. The first kappa shape index (κ1) is 19.4. The van der Waals surface area contributed by atoms with Gasteiger partial charge in [0.15, 0.2) is 11.6 Å². The zero-order valence-corrected chi connectivity index (χ0v) is 15.8. The van der Waals surface area contributed by atoms with Crippen molar-refractivity contribution in [2.75, 3.05) is 0 Å². The SMILES string of the molecule is CC(C)CC(NC(=O)CCC(=O)c1ccccc1)c1nc(-c2ncn[nH]2)no1. The topological polar surface area (TPSA) is 127 Å². The average molecular weight is 382 g/mol. The Hall–Kier alpha value is -3.36. The Kier molecular flexibility index (Phi) is 6.25. The van der Waals surface area contributed by atoms with Crippen molar-refractivity contribution in [1.82, 2.24) is 30.6 Å². The third kappa shape index (κ3) is 5.09. The number of carbonyl (C=O) groups excluding carboxylic acids is 2. The van der Waals surface area contributed by atoms with Crippen molar-refractivity contribution in [2.24, 2.45) is 5.92 Å². The lowest BCUT2D eigenvalue weighted by atomic mass is 10.0. The Morgan fingerprint density at radius 1 is 1.18 bits per heavy atom. The minimum absolute atomic E-state index is 0.0680. The lowest BCUT2D eigenvalue weighted by Crippen LogP contribution is -2.30. The molecule has 0 fully saturated rings. The number of rotatable bonds is 9. The van der Waals surface area contributed by atoms with Crippen LogP contribution in [0.4, 0.5) is 0 Å². The van der Waals surface area contributed by atoms with Crippen molar-refractivity contribution < 1.29 is 14.1 Å². The van der Waals surface area contributed by atoms with Crippen LogP contribution in [0.3, 0.4) is 0 Å². The molecule has 2 N–H and O–H groups in total. The first-order chi connectivity index (χ1) is 13.5. The molecule has 0 aliphatic carbocycles. The highest BCUT2D eigenvalue weighted by atomic mass is 16.5. The molecule has 0 spiro atoms. The van der Waals surface area contributed by atoms with E-state index in [1.807, 2.05) is 19.9 Å². The van der Waals surface area contributed by atoms with E-state index in [9.17, 15) is 9.59 Å². The number of aromatic nitrogens is 5. The number of nitrogens with one attached hydrogen (secondary N) is 2. The van der Waals surface area contributed by atoms with Crippen LogP contribution in [0.2, 0.25) is 0 Å². The summed E-state index contributed by atoms with van der Waals surface area (Å²) in [6, 6.07) is 8.48. The number of aromatic amines is 1. The number of Topliss-reactive ketones (excluding diaryl/α,β-unsaturated/α-hetero) is 1. The van der Waals surface area contributed by atoms with E-state index in [1.54, 1.807) is 24.3 Å². The van der Waals surface area contributed by atoms with E-state index in [-0.39, 0.29) is 36.3 Å². The fourth-order valence-corrected chi connectivity index (χ4v) is 2.74. The van der Waals surface area contributed by atoms with Gasteiger partial charge in [0.1, 0.15) is 12.4 Å². The van der Waals surface area contributed by atoms with Crippen molar-refractivity contribution in [3.8, 4) is 11.6 Å². The van der Waals surface area contributed by atoms with E-state index >= 15 is 0 Å². The molecule has 2 heterocycles. The van der Waals surface area contributed by atoms with Gasteiger partial charge in [-0.05, 0) is 12.3 Å². The standard InChI is InChI=1S/C19H22N6O3/c1-12(2)10-14(19-23-18(25-28-19)17-20-11-21-24-17)22-16(27)9-8-15(26)13-6-4-3-5-7-13/h3-7,11-12,14H,8-10H2,1-2H3,(H,22,27)(H,20,21,24). The first-order valence-corrected chi connectivity index (χ1v) is 9.10. The van der Waals surface area contributed by atoms with Crippen molar-refractivity contribution in [2.45, 2.75) is 39.2 Å². The van der Waals surface area contributed by atoms with Gasteiger partial charge < -0.3 is 9.84 Å². The number of amides is 1. The molecule has 0 aliphatic heterocycles. The second kappa shape index (κ2) is 9.03. The summed E-state index contributed by atoms with van der Waals surface area (Å²) in [5.41, 5.74) is 0.600. The Morgan fingerprint density at radius 3 is 2.64 bits per heavy atom. The van der Waals surface area contributed by atoms with Crippen LogP contribution in [-0.2, 0) is 4.79 Å². The average Bonchev–Trinajstić information content (AvgIpc) is 3.37. The molecule has 0 aliphatic rings. The van der Waals surface area contributed by atoms with Crippen LogP contribution in [-0.4, -0.2) is 37.0 Å². The number of nitrogens with zero attached hydrogens (tertiary/aromatic N) is 4. The van der Waals surface area contributed by atoms with Crippen molar-refractivity contribution in [3.05, 3.63) is 48.1 Å². The van der Waals surface area contributed by atoms with Gasteiger partial charge in [-0.2, -0.15) is 10.1 Å². The number of benzene rings is 1. The van der Waals surface area contributed by atoms with Crippen LogP contribution < -0.4 is 5.32 Å². The molecule has 0 saturated heterocycles. The molecular weight excluding hydrogens is 360 g/mol. The van der Waals surface area contributed by atoms with Gasteiger partial charge in [0.2, 0.25) is 17.6 Å². The van der Waals surface area contributed by atoms with E-state index in [0.29, 0.717) is 23.7 Å². The maximum absolute atomic E-state index is 12.4. The van der Waals surface area contributed by atoms with Crippen molar-refractivity contribution in [3.63, 3.8) is 0 Å². The summed E-state index contributed by atoms with van der Waals surface area (Å²) in [5, 5.41) is 13.2. The Morgan fingerprint density at radius 2 is 1.96 bits per heavy atom. The Balaban J connectivity index is 1.62. The van der Waals surface area contributed by atoms with Crippen LogP contribution in [0.5, 0.6) is 0 Å². The van der Waals surface area contributed by atoms with Gasteiger partial charge in [0.25, 0.3) is 0 Å². The lowest BCUT2D eigenvalue weighted by molar-refractivity contribution is -0.122. The third-order valence-electron chi connectivity index (χ3n) is 4.08. The fourth-order valence-electron chi connectivity index (χ4n) is 2.74. The van der Waals surface area contributed by atoms with E-state index in [0.717, 1.165) is 0 Å². The molecule has 28 heavy (non-hydrogen) atoms. The van der Waals surface area contributed by atoms with Gasteiger partial charge in [-0.3, -0.25) is 14.7 Å². The highest BCUT2D eigenvalue weighted by Crippen LogP contribution is 2.22. The maximum atomic E-state index is 12.4. The highest BCUT2D eigenvalue weighted by molar-refractivity contribution is 5.97. The molecule has 9 heteroatoms. The van der Waals surface area contributed by atoms with Gasteiger partial charge in [-0.25, -0.2) is 4.98 Å². The minimum atomic E-state index is -0.441. The van der Waals surface area contributed by atoms with Gasteiger partial charge in [-0.1, -0.05) is 49.3 Å². The summed E-state index contributed by atoms with van der Waals surface area (Å²) in [7, 11) is 0. The van der Waals surface area contributed by atoms with Gasteiger partial charge in [0.05, 0.1) is 0 Å². The maximum Gasteiger partial charge on any atom is 0.249 e. The second-order valence-corrected chi connectivity index (χ2v) is 6.83. The first-order valence-electron chi connectivity index (χ1n) is 9.10. The van der Waals surface area contributed by atoms with Crippen LogP contribution in [0.15, 0.2) is 41.2 Å². The molecule has 0 bridgehead atoms. The molecule has 3 aromatic rings. The molecule has 1 aromatic carbocycles. The normalized spacial score (nSPS) is 12.1. The molecule has 146 valence electrons. The van der Waals surface area contributed by atoms with Crippen LogP contribution in [0.1, 0.15) is 55.4 Å². The Labute approximate surface area is 162 Å². The van der Waals surface area contributed by atoms with E-state index in [2.05, 4.69) is 30.6 Å². The van der Waals surface area contributed by atoms with Crippen LogP contribution in [0.25, 0.3) is 11.6 Å². The molecule has 9 nitrogen and oxygen atoms in total. The van der Waals surface area contributed by atoms with Crippen molar-refractivity contribution in [1.29, 1.82) is 0 Å². The second-order valence-electron chi connectivity index (χ2n) is 6.83. The monoisotopic (exact) mass is 382 g/mol. The van der Waals surface area contributed by atoms with E-state index < -0.39 is 6.04 Å². The summed E-state index contributed by atoms with van der Waals surface area (Å²) >= 11 is 0. The number of ketones is 1. The molecule has 1 unspecified atom stereocenters. The van der Waals surface area contributed by atoms with Crippen LogP contribution >= 0.6 is 0 Å². The fraction of sp³-hybridized carbons (Fsp3) is 0.368. The predicted octanol–water partition coefficient (Wildman–Crippen LogP) is 2.72. The molecule has 0 saturated carbocycles. The quantitative estimate of drug-likeness (QED) is 0.545. The zero-order valence-electron chi connectivity index (χ0n) is 15.8. The van der Waals surface area contributed by atoms with Gasteiger partial charge in [-0.15, -0.1) is 0 Å². The number of hydrogen-bond donors (Lipinski definition) is 2. The summed E-state index contributed by atoms with van der Waals surface area (Å²) in [6.07, 6.45) is 2.20. The summed E-state index contributed by atoms with van der Waals surface area (Å²) in [6.45, 7) is 4.07. The molecule has 0 radical (unpaired) electrons. The molecule has 1 amide bonds. The lowest BCUT2D eigenvalue weighted by Gasteiger charge is -2.17. The summed E-state index contributed by atoms with van der Waals surface area (Å²) in [4.78, 5) is 32.9. The van der Waals surface area contributed by atoms with Crippen LogP contribution in [0, 0.1) is 5.92 Å². The molecule has 3 rings (SSSR count). The molecular formula is C19H22N6O3. The minimum Gasteiger partial charge on any atom is -0.344 e. The third-order valence-corrected chi connectivity index (χ3v) is 4.08. The van der Waals surface area contributed by atoms with Gasteiger partial charge >= 0.3 is 0 Å². The number of hydrogen-bond acceptors (Lipinski definition) is 7. The Bertz CT molecular complexity index is 905. The van der Waals surface area contributed by atoms with Gasteiger partial charge in [0, 0.05) is 18.4 Å². The largest absolute Gasteiger partial charge is 0.344 e. The van der Waals surface area contributed by atoms with E-state index in [1.165, 1.54) is 6.33 Å². The number of H-pyrrole nitrogens is 1. The zero-order chi connectivity index (χ0) is 19.9.